The topological polar surface area (TPSA) is 43.6 Å². The molecule has 0 aliphatic carbocycles. The van der Waals surface area contributed by atoms with Crippen molar-refractivity contribution in [1.82, 2.24) is 20.2 Å². The summed E-state index contributed by atoms with van der Waals surface area (Å²) in [7, 11) is 0. The van der Waals surface area contributed by atoms with E-state index in [9.17, 15) is 0 Å². The number of aromatic nitrogens is 4. The molecule has 18 heavy (non-hydrogen) atoms. The molecule has 4 heteroatoms. The summed E-state index contributed by atoms with van der Waals surface area (Å²) in [5, 5.41) is 12.6. The number of nitrogens with zero attached hydrogens (tertiary/aromatic N) is 4. The zero-order valence-electron chi connectivity index (χ0n) is 10.9. The molecular formula is C14H20N4. The van der Waals surface area contributed by atoms with Gasteiger partial charge in [0.05, 0.1) is 6.54 Å². The Kier molecular flexibility index (Phi) is 4.88. The predicted octanol–water partition coefficient (Wildman–Crippen LogP) is 2.84. The van der Waals surface area contributed by atoms with E-state index in [0.717, 1.165) is 18.7 Å². The maximum atomic E-state index is 4.40. The molecule has 0 N–H and O–H groups in total. The lowest BCUT2D eigenvalue weighted by molar-refractivity contribution is 0.568. The van der Waals surface area contributed by atoms with Crippen LogP contribution in [0.25, 0.3) is 0 Å². The van der Waals surface area contributed by atoms with Gasteiger partial charge in [0.15, 0.2) is 5.82 Å². The molecule has 0 fully saturated rings. The zero-order chi connectivity index (χ0) is 12.6. The molecule has 0 saturated heterocycles. The first-order valence-electron chi connectivity index (χ1n) is 6.69. The van der Waals surface area contributed by atoms with Crippen LogP contribution in [0.1, 0.15) is 44.0 Å². The molecule has 96 valence electrons. The first kappa shape index (κ1) is 12.7. The normalized spacial score (nSPS) is 10.7. The van der Waals surface area contributed by atoms with Gasteiger partial charge in [0.1, 0.15) is 0 Å². The highest BCUT2D eigenvalue weighted by Crippen LogP contribution is 2.04. The average molecular weight is 244 g/mol. The summed E-state index contributed by atoms with van der Waals surface area (Å²) < 4.78 is 0. The summed E-state index contributed by atoms with van der Waals surface area (Å²) in [6.07, 6.45) is 5.90. The Balaban J connectivity index is 1.83. The van der Waals surface area contributed by atoms with Gasteiger partial charge in [-0.25, -0.2) is 0 Å². The Labute approximate surface area is 108 Å². The van der Waals surface area contributed by atoms with Crippen molar-refractivity contribution < 1.29 is 0 Å². The first-order chi connectivity index (χ1) is 8.88. The minimum Gasteiger partial charge on any atom is -0.160 e. The largest absolute Gasteiger partial charge is 0.174 e. The molecule has 0 aliphatic rings. The number of benzene rings is 1. The molecule has 0 aliphatic heterocycles. The fourth-order valence-electron chi connectivity index (χ4n) is 1.90. The molecule has 0 spiro atoms. The molecule has 0 radical (unpaired) electrons. The minimum atomic E-state index is 0.697. The third-order valence-corrected chi connectivity index (χ3v) is 2.92. The van der Waals surface area contributed by atoms with Gasteiger partial charge in [-0.1, -0.05) is 56.5 Å². The highest BCUT2D eigenvalue weighted by Gasteiger charge is 2.03. The standard InChI is InChI=1S/C14H20N4/c1-2-3-4-8-11-14-15-17-18(16-14)12-13-9-6-5-7-10-13/h5-7,9-10H,2-4,8,11-12H2,1H3. The van der Waals surface area contributed by atoms with E-state index < -0.39 is 0 Å². The fraction of sp³-hybridized carbons (Fsp3) is 0.500. The number of unbranched alkanes of at least 4 members (excludes halogenated alkanes) is 3. The molecule has 2 rings (SSSR count). The molecule has 0 atom stereocenters. The van der Waals surface area contributed by atoms with Crippen molar-refractivity contribution in [3.8, 4) is 0 Å². The van der Waals surface area contributed by atoms with Gasteiger partial charge in [-0.3, -0.25) is 0 Å². The molecule has 1 aromatic heterocycles. The van der Waals surface area contributed by atoms with Crippen LogP contribution in [0.5, 0.6) is 0 Å². The lowest BCUT2D eigenvalue weighted by Gasteiger charge is -1.98. The Morgan fingerprint density at radius 1 is 1.06 bits per heavy atom. The second-order valence-corrected chi connectivity index (χ2v) is 4.53. The fourth-order valence-corrected chi connectivity index (χ4v) is 1.90. The summed E-state index contributed by atoms with van der Waals surface area (Å²) in [5.74, 6) is 0.863. The summed E-state index contributed by atoms with van der Waals surface area (Å²) in [5.41, 5.74) is 1.20. The van der Waals surface area contributed by atoms with Gasteiger partial charge < -0.3 is 0 Å². The van der Waals surface area contributed by atoms with Crippen molar-refractivity contribution in [2.45, 2.75) is 45.6 Å². The summed E-state index contributed by atoms with van der Waals surface area (Å²) in [6, 6.07) is 10.2. The quantitative estimate of drug-likeness (QED) is 0.703. The number of aryl methyl sites for hydroxylation is 1. The lowest BCUT2D eigenvalue weighted by atomic mass is 10.1. The third-order valence-electron chi connectivity index (χ3n) is 2.92. The van der Waals surface area contributed by atoms with Crippen molar-refractivity contribution >= 4 is 0 Å². The molecule has 0 bridgehead atoms. The maximum Gasteiger partial charge on any atom is 0.174 e. The highest BCUT2D eigenvalue weighted by molar-refractivity contribution is 5.14. The van der Waals surface area contributed by atoms with Crippen LogP contribution in [-0.4, -0.2) is 20.2 Å². The monoisotopic (exact) mass is 244 g/mol. The van der Waals surface area contributed by atoms with Gasteiger partial charge in [0.25, 0.3) is 0 Å². The van der Waals surface area contributed by atoms with Crippen LogP contribution in [0.4, 0.5) is 0 Å². The molecule has 4 nitrogen and oxygen atoms in total. The van der Waals surface area contributed by atoms with Crippen LogP contribution < -0.4 is 0 Å². The molecule has 0 unspecified atom stereocenters. The van der Waals surface area contributed by atoms with Crippen molar-refractivity contribution in [1.29, 1.82) is 0 Å². The summed E-state index contributed by atoms with van der Waals surface area (Å²) in [4.78, 5) is 1.67. The number of hydrogen-bond donors (Lipinski definition) is 0. The lowest BCUT2D eigenvalue weighted by Crippen LogP contribution is -2.04. The zero-order valence-corrected chi connectivity index (χ0v) is 10.9. The highest BCUT2D eigenvalue weighted by atomic mass is 15.6. The van der Waals surface area contributed by atoms with Gasteiger partial charge in [-0.15, -0.1) is 10.2 Å². The van der Waals surface area contributed by atoms with E-state index in [4.69, 9.17) is 0 Å². The van der Waals surface area contributed by atoms with E-state index in [2.05, 4.69) is 34.5 Å². The van der Waals surface area contributed by atoms with Crippen molar-refractivity contribution in [2.24, 2.45) is 0 Å². The van der Waals surface area contributed by atoms with E-state index >= 15 is 0 Å². The molecule has 0 saturated carbocycles. The summed E-state index contributed by atoms with van der Waals surface area (Å²) >= 11 is 0. The number of tetrazole rings is 1. The average Bonchev–Trinajstić information content (AvgIpc) is 2.84. The van der Waals surface area contributed by atoms with Crippen LogP contribution in [0, 0.1) is 0 Å². The van der Waals surface area contributed by atoms with Crippen LogP contribution in [0.3, 0.4) is 0 Å². The Bertz CT molecular complexity index is 450. The SMILES string of the molecule is CCCCCCc1nnn(Cc2ccccc2)n1. The molecule has 2 aromatic rings. The summed E-state index contributed by atoms with van der Waals surface area (Å²) in [6.45, 7) is 2.91. The predicted molar refractivity (Wildman–Crippen MR) is 71.2 cm³/mol. The van der Waals surface area contributed by atoms with Gasteiger partial charge in [0, 0.05) is 6.42 Å². The van der Waals surface area contributed by atoms with E-state index in [1.54, 1.807) is 4.80 Å². The van der Waals surface area contributed by atoms with Gasteiger partial charge in [0.2, 0.25) is 0 Å². The van der Waals surface area contributed by atoms with Gasteiger partial charge in [-0.05, 0) is 17.2 Å². The third kappa shape index (κ3) is 3.95. The second kappa shape index (κ2) is 6.89. The van der Waals surface area contributed by atoms with E-state index in [-0.39, 0.29) is 0 Å². The maximum absolute atomic E-state index is 4.40. The van der Waals surface area contributed by atoms with Gasteiger partial charge >= 0.3 is 0 Å². The van der Waals surface area contributed by atoms with Crippen molar-refractivity contribution in [3.63, 3.8) is 0 Å². The van der Waals surface area contributed by atoms with Crippen LogP contribution >= 0.6 is 0 Å². The van der Waals surface area contributed by atoms with E-state index in [1.165, 1.54) is 24.8 Å². The van der Waals surface area contributed by atoms with Crippen LogP contribution in [0.2, 0.25) is 0 Å². The second-order valence-electron chi connectivity index (χ2n) is 4.53. The Morgan fingerprint density at radius 2 is 1.89 bits per heavy atom. The smallest absolute Gasteiger partial charge is 0.160 e. The van der Waals surface area contributed by atoms with Crippen LogP contribution in [-0.2, 0) is 13.0 Å². The number of rotatable bonds is 7. The molecule has 0 amide bonds. The molecule has 1 heterocycles. The minimum absolute atomic E-state index is 0.697. The van der Waals surface area contributed by atoms with Gasteiger partial charge in [-0.2, -0.15) is 4.80 Å². The molecule has 1 aromatic carbocycles. The van der Waals surface area contributed by atoms with Crippen LogP contribution in [0.15, 0.2) is 30.3 Å². The Hall–Kier alpha value is -1.71. The Morgan fingerprint density at radius 3 is 2.67 bits per heavy atom. The van der Waals surface area contributed by atoms with E-state index in [0.29, 0.717) is 6.54 Å². The first-order valence-corrected chi connectivity index (χ1v) is 6.69. The number of hydrogen-bond acceptors (Lipinski definition) is 3. The van der Waals surface area contributed by atoms with E-state index in [1.807, 2.05) is 18.2 Å². The molecular weight excluding hydrogens is 224 g/mol. The van der Waals surface area contributed by atoms with Crippen molar-refractivity contribution in [2.75, 3.05) is 0 Å². The van der Waals surface area contributed by atoms with Crippen molar-refractivity contribution in [3.05, 3.63) is 41.7 Å².